The second-order valence-electron chi connectivity index (χ2n) is 8.70. The highest BCUT2D eigenvalue weighted by atomic mass is 19.1. The Bertz CT molecular complexity index is 1120. The first kappa shape index (κ1) is 21.6. The van der Waals surface area contributed by atoms with Crippen LogP contribution in [0.15, 0.2) is 24.4 Å². The zero-order valence-corrected chi connectivity index (χ0v) is 18.5. The first-order valence-corrected chi connectivity index (χ1v) is 11.4. The number of rotatable bonds is 6. The van der Waals surface area contributed by atoms with Crippen LogP contribution in [-0.4, -0.2) is 60.8 Å². The number of halogens is 2. The van der Waals surface area contributed by atoms with E-state index in [1.165, 1.54) is 30.0 Å². The molecule has 1 aromatic carbocycles. The van der Waals surface area contributed by atoms with Gasteiger partial charge in [0.15, 0.2) is 17.5 Å². The third-order valence-corrected chi connectivity index (χ3v) is 6.57. The Labute approximate surface area is 190 Å². The quantitative estimate of drug-likeness (QED) is 0.583. The van der Waals surface area contributed by atoms with Gasteiger partial charge in [-0.3, -0.25) is 0 Å². The molecule has 2 aliphatic rings. The minimum atomic E-state index is -0.532. The summed E-state index contributed by atoms with van der Waals surface area (Å²) in [5.41, 5.74) is 0.723. The fourth-order valence-electron chi connectivity index (χ4n) is 4.93. The van der Waals surface area contributed by atoms with E-state index in [2.05, 4.69) is 41.0 Å². The molecule has 11 heteroatoms. The van der Waals surface area contributed by atoms with Crippen LogP contribution in [0, 0.1) is 24.5 Å². The third kappa shape index (κ3) is 4.63. The van der Waals surface area contributed by atoms with Gasteiger partial charge in [0.05, 0.1) is 17.6 Å². The largest absolute Gasteiger partial charge is 0.367 e. The molecule has 0 spiro atoms. The van der Waals surface area contributed by atoms with E-state index >= 15 is 0 Å². The van der Waals surface area contributed by atoms with Crippen molar-refractivity contribution in [2.24, 2.45) is 5.92 Å². The van der Waals surface area contributed by atoms with Gasteiger partial charge in [-0.1, -0.05) is 6.42 Å². The summed E-state index contributed by atoms with van der Waals surface area (Å²) in [5, 5.41) is 17.4. The number of nitrogens with zero attached hydrogens (tertiary/aromatic N) is 7. The molecule has 2 N–H and O–H groups in total. The smallest absolute Gasteiger partial charge is 0.229 e. The Hall–Kier alpha value is -3.21. The molecule has 5 rings (SSSR count). The SMILES string of the molecule is Cc1nnnn1-c1ccc(F)c(Nc2ncc(F)c(NCC3CCCN4CCCCC34)n2)c1. The summed E-state index contributed by atoms with van der Waals surface area (Å²) in [5.74, 6) is 0.219. The van der Waals surface area contributed by atoms with Crippen molar-refractivity contribution in [2.45, 2.75) is 45.1 Å². The molecule has 4 heterocycles. The number of hydrogen-bond acceptors (Lipinski definition) is 8. The lowest BCUT2D eigenvalue weighted by atomic mass is 9.83. The van der Waals surface area contributed by atoms with Gasteiger partial charge in [-0.05, 0) is 80.2 Å². The lowest BCUT2D eigenvalue weighted by Gasteiger charge is -2.44. The van der Waals surface area contributed by atoms with Crippen molar-refractivity contribution in [2.75, 3.05) is 30.3 Å². The molecule has 0 radical (unpaired) electrons. The van der Waals surface area contributed by atoms with Gasteiger partial charge in [-0.15, -0.1) is 5.10 Å². The summed E-state index contributed by atoms with van der Waals surface area (Å²) >= 11 is 0. The van der Waals surface area contributed by atoms with Crippen molar-refractivity contribution in [3.8, 4) is 5.69 Å². The van der Waals surface area contributed by atoms with Crippen molar-refractivity contribution < 1.29 is 8.78 Å². The summed E-state index contributed by atoms with van der Waals surface area (Å²) in [4.78, 5) is 10.8. The van der Waals surface area contributed by atoms with Crippen molar-refractivity contribution in [3.05, 3.63) is 41.9 Å². The third-order valence-electron chi connectivity index (χ3n) is 6.57. The minimum absolute atomic E-state index is 0.103. The molecule has 174 valence electrons. The summed E-state index contributed by atoms with van der Waals surface area (Å²) in [7, 11) is 0. The van der Waals surface area contributed by atoms with E-state index in [9.17, 15) is 8.78 Å². The number of aromatic nitrogens is 6. The van der Waals surface area contributed by atoms with Crippen molar-refractivity contribution in [3.63, 3.8) is 0 Å². The van der Waals surface area contributed by atoms with Gasteiger partial charge in [-0.25, -0.2) is 13.8 Å². The lowest BCUT2D eigenvalue weighted by molar-refractivity contribution is 0.0648. The second kappa shape index (κ2) is 9.34. The Balaban J connectivity index is 1.30. The molecule has 2 atom stereocenters. The highest BCUT2D eigenvalue weighted by molar-refractivity contribution is 5.59. The number of tetrazole rings is 1. The van der Waals surface area contributed by atoms with E-state index in [4.69, 9.17) is 0 Å². The molecule has 2 fully saturated rings. The number of benzene rings is 1. The number of piperidine rings is 2. The topological polar surface area (TPSA) is 96.7 Å². The molecule has 2 aliphatic heterocycles. The zero-order valence-electron chi connectivity index (χ0n) is 18.5. The average molecular weight is 456 g/mol. The predicted molar refractivity (Wildman–Crippen MR) is 120 cm³/mol. The van der Waals surface area contributed by atoms with E-state index in [1.54, 1.807) is 19.1 Å². The fraction of sp³-hybridized carbons (Fsp3) is 0.500. The highest BCUT2D eigenvalue weighted by Gasteiger charge is 2.32. The summed E-state index contributed by atoms with van der Waals surface area (Å²) < 4.78 is 30.4. The molecule has 0 saturated carbocycles. The molecule has 0 bridgehead atoms. The van der Waals surface area contributed by atoms with Crippen molar-refractivity contribution in [1.82, 2.24) is 35.1 Å². The van der Waals surface area contributed by atoms with Crippen LogP contribution in [0.25, 0.3) is 5.69 Å². The second-order valence-corrected chi connectivity index (χ2v) is 8.70. The van der Waals surface area contributed by atoms with E-state index in [0.717, 1.165) is 32.1 Å². The maximum absolute atomic E-state index is 14.5. The van der Waals surface area contributed by atoms with Gasteiger partial charge in [0, 0.05) is 12.6 Å². The lowest BCUT2D eigenvalue weighted by Crippen LogP contribution is -2.49. The number of nitrogens with one attached hydrogen (secondary N) is 2. The number of hydrogen-bond donors (Lipinski definition) is 2. The van der Waals surface area contributed by atoms with Crippen LogP contribution >= 0.6 is 0 Å². The molecule has 2 saturated heterocycles. The molecule has 0 amide bonds. The van der Waals surface area contributed by atoms with Gasteiger partial charge in [0.1, 0.15) is 5.82 Å². The maximum Gasteiger partial charge on any atom is 0.229 e. The Morgan fingerprint density at radius 3 is 2.82 bits per heavy atom. The van der Waals surface area contributed by atoms with Crippen molar-refractivity contribution in [1.29, 1.82) is 0 Å². The molecule has 2 aromatic heterocycles. The highest BCUT2D eigenvalue weighted by Crippen LogP contribution is 2.31. The minimum Gasteiger partial charge on any atom is -0.367 e. The Morgan fingerprint density at radius 2 is 1.97 bits per heavy atom. The Kier molecular flexibility index (Phi) is 6.12. The maximum atomic E-state index is 14.5. The summed E-state index contributed by atoms with van der Waals surface area (Å²) in [6.45, 7) is 4.71. The van der Waals surface area contributed by atoms with Crippen LogP contribution in [0.5, 0.6) is 0 Å². The van der Waals surface area contributed by atoms with Gasteiger partial charge in [-0.2, -0.15) is 9.67 Å². The van der Waals surface area contributed by atoms with E-state index < -0.39 is 11.6 Å². The first-order chi connectivity index (χ1) is 16.1. The monoisotopic (exact) mass is 455 g/mol. The van der Waals surface area contributed by atoms with E-state index in [0.29, 0.717) is 30.0 Å². The van der Waals surface area contributed by atoms with Crippen LogP contribution in [0.2, 0.25) is 0 Å². The van der Waals surface area contributed by atoms with Gasteiger partial charge in [0.2, 0.25) is 5.95 Å². The number of anilines is 3. The van der Waals surface area contributed by atoms with Crippen LogP contribution in [0.1, 0.15) is 37.9 Å². The summed E-state index contributed by atoms with van der Waals surface area (Å²) in [6.07, 6.45) is 7.10. The molecule has 2 unspecified atom stereocenters. The van der Waals surface area contributed by atoms with Gasteiger partial charge >= 0.3 is 0 Å². The van der Waals surface area contributed by atoms with E-state index in [-0.39, 0.29) is 17.5 Å². The molecule has 0 aliphatic carbocycles. The first-order valence-electron chi connectivity index (χ1n) is 11.4. The molecular formula is C22H27F2N9. The normalized spacial score (nSPS) is 20.9. The number of fused-ring (bicyclic) bond motifs is 1. The number of aryl methyl sites for hydroxylation is 1. The zero-order chi connectivity index (χ0) is 22.8. The molecular weight excluding hydrogens is 428 g/mol. The fourth-order valence-corrected chi connectivity index (χ4v) is 4.93. The average Bonchev–Trinajstić information content (AvgIpc) is 3.26. The van der Waals surface area contributed by atoms with Crippen molar-refractivity contribution >= 4 is 17.5 Å². The van der Waals surface area contributed by atoms with Crippen LogP contribution in [0.3, 0.4) is 0 Å². The van der Waals surface area contributed by atoms with Gasteiger partial charge < -0.3 is 15.5 Å². The van der Waals surface area contributed by atoms with Crippen LogP contribution < -0.4 is 10.6 Å². The van der Waals surface area contributed by atoms with E-state index in [1.807, 2.05) is 0 Å². The Morgan fingerprint density at radius 1 is 1.09 bits per heavy atom. The van der Waals surface area contributed by atoms with Gasteiger partial charge in [0.25, 0.3) is 0 Å². The predicted octanol–water partition coefficient (Wildman–Crippen LogP) is 3.46. The summed E-state index contributed by atoms with van der Waals surface area (Å²) in [6, 6.07) is 4.98. The molecule has 9 nitrogen and oxygen atoms in total. The molecule has 33 heavy (non-hydrogen) atoms. The standard InChI is InChI=1S/C22H27F2N9/c1-14-29-30-31-33(14)16-7-8-17(23)19(11-16)27-22-26-13-18(24)21(28-22)25-12-15-5-4-10-32-9-3-2-6-20(15)32/h7-8,11,13,15,20H,2-6,9-10,12H2,1H3,(H2,25,26,27,28). The van der Waals surface area contributed by atoms with Crippen LogP contribution in [0.4, 0.5) is 26.2 Å². The molecule has 3 aromatic rings. The van der Waals surface area contributed by atoms with Crippen LogP contribution in [-0.2, 0) is 0 Å².